The second-order valence-electron chi connectivity index (χ2n) is 8.48. The Kier molecular flexibility index (Phi) is 7.52. The van der Waals surface area contributed by atoms with Crippen molar-refractivity contribution in [2.24, 2.45) is 0 Å². The van der Waals surface area contributed by atoms with Crippen molar-refractivity contribution in [1.82, 2.24) is 19.4 Å². The second-order valence-corrected chi connectivity index (χ2v) is 8.92. The summed E-state index contributed by atoms with van der Waals surface area (Å²) in [6, 6.07) is 11.9. The number of nitrogens with zero attached hydrogens (tertiary/aromatic N) is 4. The summed E-state index contributed by atoms with van der Waals surface area (Å²) in [6.07, 6.45) is 0. The number of carbonyl (C=O) groups is 2. The smallest absolute Gasteiger partial charge is 0.328 e. The zero-order valence-electron chi connectivity index (χ0n) is 20.2. The van der Waals surface area contributed by atoms with Gasteiger partial charge in [0.15, 0.2) is 0 Å². The average Bonchev–Trinajstić information content (AvgIpc) is 2.86. The Bertz CT molecular complexity index is 1300. The van der Waals surface area contributed by atoms with Crippen LogP contribution in [-0.2, 0) is 16.1 Å². The van der Waals surface area contributed by atoms with E-state index in [0.717, 1.165) is 5.56 Å². The summed E-state index contributed by atoms with van der Waals surface area (Å²) in [6.45, 7) is 8.20. The van der Waals surface area contributed by atoms with Crippen LogP contribution in [-0.4, -0.2) is 64.0 Å². The van der Waals surface area contributed by atoms with E-state index in [-0.39, 0.29) is 17.4 Å². The largest absolute Gasteiger partial charge is 0.465 e. The molecule has 1 aliphatic rings. The van der Waals surface area contributed by atoms with Gasteiger partial charge >= 0.3 is 5.97 Å². The Morgan fingerprint density at radius 2 is 1.74 bits per heavy atom. The Morgan fingerprint density at radius 1 is 1.06 bits per heavy atom. The van der Waals surface area contributed by atoms with Gasteiger partial charge in [-0.1, -0.05) is 23.7 Å². The number of piperazine rings is 1. The SMILES string of the molecule is CCOC(=O)C(c1ccc(Cl)cc1)N1CCN(C(=O)c2ccc3c(c2)nc(C)c(=O)n3CC)CC1. The molecule has 184 valence electrons. The molecule has 1 unspecified atom stereocenters. The zero-order chi connectivity index (χ0) is 25.1. The summed E-state index contributed by atoms with van der Waals surface area (Å²) in [5.74, 6) is -0.410. The van der Waals surface area contributed by atoms with Crippen molar-refractivity contribution in [3.63, 3.8) is 0 Å². The second kappa shape index (κ2) is 10.6. The maximum Gasteiger partial charge on any atom is 0.328 e. The van der Waals surface area contributed by atoms with Crippen molar-refractivity contribution >= 4 is 34.5 Å². The van der Waals surface area contributed by atoms with Gasteiger partial charge in [0.25, 0.3) is 11.5 Å². The monoisotopic (exact) mass is 496 g/mol. The Hall–Kier alpha value is -3.23. The summed E-state index contributed by atoms with van der Waals surface area (Å²) < 4.78 is 7.00. The molecule has 0 N–H and O–H groups in total. The Balaban J connectivity index is 1.52. The van der Waals surface area contributed by atoms with Gasteiger partial charge in [0.05, 0.1) is 17.6 Å². The standard InChI is InChI=1S/C26H29ClN4O4/c1-4-31-22-11-8-19(16-21(22)28-17(3)24(31)32)25(33)30-14-12-29(13-15-30)23(26(34)35-5-2)18-6-9-20(27)10-7-18/h6-11,16,23H,4-5,12-15H2,1-3H3. The first kappa shape index (κ1) is 24.9. The third kappa shape index (κ3) is 5.09. The van der Waals surface area contributed by atoms with Gasteiger partial charge in [0.1, 0.15) is 11.7 Å². The van der Waals surface area contributed by atoms with E-state index in [1.807, 2.05) is 24.0 Å². The number of aromatic nitrogens is 2. The highest BCUT2D eigenvalue weighted by atomic mass is 35.5. The lowest BCUT2D eigenvalue weighted by Gasteiger charge is -2.38. The highest BCUT2D eigenvalue weighted by Crippen LogP contribution is 2.26. The van der Waals surface area contributed by atoms with Crippen LogP contribution in [0.5, 0.6) is 0 Å². The molecule has 0 spiro atoms. The van der Waals surface area contributed by atoms with E-state index < -0.39 is 6.04 Å². The van der Waals surface area contributed by atoms with Crippen molar-refractivity contribution in [2.75, 3.05) is 32.8 Å². The minimum atomic E-state index is -0.553. The molecule has 8 nitrogen and oxygen atoms in total. The number of ether oxygens (including phenoxy) is 1. The molecule has 1 aromatic heterocycles. The lowest BCUT2D eigenvalue weighted by molar-refractivity contribution is -0.150. The number of halogens is 1. The van der Waals surface area contributed by atoms with Crippen molar-refractivity contribution in [2.45, 2.75) is 33.4 Å². The van der Waals surface area contributed by atoms with Crippen LogP contribution in [0.15, 0.2) is 47.3 Å². The van der Waals surface area contributed by atoms with Crippen LogP contribution in [0.25, 0.3) is 11.0 Å². The van der Waals surface area contributed by atoms with Crippen molar-refractivity contribution in [1.29, 1.82) is 0 Å². The van der Waals surface area contributed by atoms with E-state index in [9.17, 15) is 14.4 Å². The predicted octanol–water partition coefficient (Wildman–Crippen LogP) is 3.44. The van der Waals surface area contributed by atoms with E-state index in [2.05, 4.69) is 4.98 Å². The van der Waals surface area contributed by atoms with Gasteiger partial charge in [-0.3, -0.25) is 14.5 Å². The lowest BCUT2D eigenvalue weighted by atomic mass is 10.0. The molecule has 0 saturated carbocycles. The van der Waals surface area contributed by atoms with E-state index in [1.165, 1.54) is 0 Å². The third-order valence-corrected chi connectivity index (χ3v) is 6.59. The number of hydrogen-bond donors (Lipinski definition) is 0. The topological polar surface area (TPSA) is 84.7 Å². The number of hydrogen-bond acceptors (Lipinski definition) is 6. The predicted molar refractivity (Wildman–Crippen MR) is 135 cm³/mol. The minimum Gasteiger partial charge on any atom is -0.465 e. The molecule has 0 bridgehead atoms. The van der Waals surface area contributed by atoms with Gasteiger partial charge in [-0.25, -0.2) is 9.78 Å². The average molecular weight is 497 g/mol. The van der Waals surface area contributed by atoms with Crippen LogP contribution in [0, 0.1) is 6.92 Å². The molecule has 0 aliphatic carbocycles. The first-order chi connectivity index (χ1) is 16.8. The van der Waals surface area contributed by atoms with Crippen molar-refractivity contribution in [3.8, 4) is 0 Å². The van der Waals surface area contributed by atoms with Crippen LogP contribution in [0.2, 0.25) is 5.02 Å². The van der Waals surface area contributed by atoms with Gasteiger partial charge in [0, 0.05) is 43.3 Å². The molecular weight excluding hydrogens is 468 g/mol. The molecule has 2 heterocycles. The molecule has 1 atom stereocenters. The lowest BCUT2D eigenvalue weighted by Crippen LogP contribution is -2.51. The van der Waals surface area contributed by atoms with Crippen molar-refractivity contribution in [3.05, 3.63) is 74.7 Å². The molecule has 3 aromatic rings. The summed E-state index contributed by atoms with van der Waals surface area (Å²) >= 11 is 6.03. The first-order valence-corrected chi connectivity index (χ1v) is 12.2. The highest BCUT2D eigenvalue weighted by Gasteiger charge is 2.33. The molecule has 2 aromatic carbocycles. The molecule has 9 heteroatoms. The number of amides is 1. The molecule has 35 heavy (non-hydrogen) atoms. The molecule has 1 fully saturated rings. The number of carbonyl (C=O) groups excluding carboxylic acids is 2. The van der Waals surface area contributed by atoms with Crippen LogP contribution in [0.1, 0.15) is 41.5 Å². The summed E-state index contributed by atoms with van der Waals surface area (Å²) in [4.78, 5) is 46.6. The number of rotatable bonds is 6. The summed E-state index contributed by atoms with van der Waals surface area (Å²) in [7, 11) is 0. The maximum absolute atomic E-state index is 13.3. The molecule has 0 radical (unpaired) electrons. The molecule has 1 amide bonds. The van der Waals surface area contributed by atoms with Crippen molar-refractivity contribution < 1.29 is 14.3 Å². The maximum atomic E-state index is 13.3. The van der Waals surface area contributed by atoms with Crippen LogP contribution in [0.3, 0.4) is 0 Å². The van der Waals surface area contributed by atoms with Crippen LogP contribution >= 0.6 is 11.6 Å². The van der Waals surface area contributed by atoms with E-state index in [0.29, 0.717) is 66.6 Å². The minimum absolute atomic E-state index is 0.0978. The fraction of sp³-hybridized carbons (Fsp3) is 0.385. The Labute approximate surface area is 209 Å². The number of fused-ring (bicyclic) bond motifs is 1. The highest BCUT2D eigenvalue weighted by molar-refractivity contribution is 6.30. The first-order valence-electron chi connectivity index (χ1n) is 11.8. The number of benzene rings is 2. The third-order valence-electron chi connectivity index (χ3n) is 6.33. The van der Waals surface area contributed by atoms with E-state index in [4.69, 9.17) is 16.3 Å². The molecule has 1 aliphatic heterocycles. The quantitative estimate of drug-likeness (QED) is 0.486. The zero-order valence-corrected chi connectivity index (χ0v) is 20.9. The normalized spacial score (nSPS) is 15.3. The molecule has 1 saturated heterocycles. The van der Waals surface area contributed by atoms with Gasteiger partial charge in [0.2, 0.25) is 0 Å². The fourth-order valence-electron chi connectivity index (χ4n) is 4.55. The van der Waals surface area contributed by atoms with Gasteiger partial charge in [-0.2, -0.15) is 0 Å². The fourth-order valence-corrected chi connectivity index (χ4v) is 4.68. The van der Waals surface area contributed by atoms with Gasteiger partial charge in [-0.05, 0) is 56.7 Å². The summed E-state index contributed by atoms with van der Waals surface area (Å²) in [5, 5.41) is 0.600. The van der Waals surface area contributed by atoms with E-state index >= 15 is 0 Å². The van der Waals surface area contributed by atoms with Gasteiger partial charge < -0.3 is 14.2 Å². The summed E-state index contributed by atoms with van der Waals surface area (Å²) in [5.41, 5.74) is 2.96. The van der Waals surface area contributed by atoms with Crippen LogP contribution < -0.4 is 5.56 Å². The Morgan fingerprint density at radius 3 is 2.37 bits per heavy atom. The van der Waals surface area contributed by atoms with Gasteiger partial charge in [-0.15, -0.1) is 0 Å². The number of esters is 1. The van der Waals surface area contributed by atoms with E-state index in [1.54, 1.807) is 53.6 Å². The van der Waals surface area contributed by atoms with Crippen LogP contribution in [0.4, 0.5) is 0 Å². The molecular formula is C26H29ClN4O4. The number of aryl methyl sites for hydroxylation is 2. The molecule has 4 rings (SSSR count).